The number of nitrogens with zero attached hydrogens (tertiary/aromatic N) is 2. The van der Waals surface area contributed by atoms with Gasteiger partial charge in [0, 0.05) is 29.6 Å². The molecule has 4 aromatic rings. The molecule has 246 valence electrons. The van der Waals surface area contributed by atoms with Crippen LogP contribution in [0.5, 0.6) is 0 Å². The Morgan fingerprint density at radius 1 is 0.872 bits per heavy atom. The van der Waals surface area contributed by atoms with Crippen LogP contribution in [-0.4, -0.2) is 43.8 Å². The summed E-state index contributed by atoms with van der Waals surface area (Å²) in [4.78, 5) is 30.0. The number of amides is 2. The first kappa shape index (κ1) is 34.1. The summed E-state index contributed by atoms with van der Waals surface area (Å²) in [6, 6.07) is 26.8. The van der Waals surface area contributed by atoms with Crippen LogP contribution in [0.2, 0.25) is 5.02 Å². The van der Waals surface area contributed by atoms with Gasteiger partial charge in [-0.15, -0.1) is 0 Å². The fourth-order valence-electron chi connectivity index (χ4n) is 5.88. The van der Waals surface area contributed by atoms with Crippen LogP contribution in [0.25, 0.3) is 0 Å². The second-order valence-corrected chi connectivity index (χ2v) is 14.3. The van der Waals surface area contributed by atoms with Crippen molar-refractivity contribution < 1.29 is 22.4 Å². The highest BCUT2D eigenvalue weighted by atomic mass is 35.5. The lowest BCUT2D eigenvalue weighted by atomic mass is 9.94. The summed E-state index contributed by atoms with van der Waals surface area (Å²) in [5, 5.41) is 3.52. The number of rotatable bonds is 12. The Hall–Kier alpha value is -4.21. The SMILES string of the molecule is Cc1ccc(N(CC(=O)N(Cc2ccccc2F)C(Cc2ccccc2)C(=O)NC2CCCCC2)S(=O)(=O)c2ccc(Cl)cc2)cc1. The Morgan fingerprint density at radius 3 is 2.17 bits per heavy atom. The molecular formula is C37H39ClFN3O4S. The largest absolute Gasteiger partial charge is 0.352 e. The molecule has 4 aromatic carbocycles. The molecule has 0 radical (unpaired) electrons. The molecule has 0 spiro atoms. The third-order valence-electron chi connectivity index (χ3n) is 8.52. The van der Waals surface area contributed by atoms with Gasteiger partial charge in [-0.1, -0.05) is 97.1 Å². The van der Waals surface area contributed by atoms with Crippen molar-refractivity contribution in [1.82, 2.24) is 10.2 Å². The highest BCUT2D eigenvalue weighted by Crippen LogP contribution is 2.27. The highest BCUT2D eigenvalue weighted by Gasteiger charge is 2.35. The second kappa shape index (κ2) is 15.6. The molecule has 47 heavy (non-hydrogen) atoms. The summed E-state index contributed by atoms with van der Waals surface area (Å²) in [7, 11) is -4.27. The average Bonchev–Trinajstić information content (AvgIpc) is 3.07. The minimum absolute atomic E-state index is 0.0331. The van der Waals surface area contributed by atoms with Crippen LogP contribution in [0.15, 0.2) is 108 Å². The Morgan fingerprint density at radius 2 is 1.51 bits per heavy atom. The maximum absolute atomic E-state index is 15.1. The van der Waals surface area contributed by atoms with Crippen molar-refractivity contribution in [3.63, 3.8) is 0 Å². The monoisotopic (exact) mass is 675 g/mol. The third kappa shape index (κ3) is 8.78. The van der Waals surface area contributed by atoms with Crippen molar-refractivity contribution in [2.75, 3.05) is 10.8 Å². The van der Waals surface area contributed by atoms with E-state index in [9.17, 15) is 18.0 Å². The van der Waals surface area contributed by atoms with E-state index in [0.717, 1.165) is 47.5 Å². The summed E-state index contributed by atoms with van der Waals surface area (Å²) >= 11 is 6.05. The maximum atomic E-state index is 15.1. The molecule has 1 saturated carbocycles. The maximum Gasteiger partial charge on any atom is 0.264 e. The summed E-state index contributed by atoms with van der Waals surface area (Å²) in [6.07, 6.45) is 4.94. The fourth-order valence-corrected chi connectivity index (χ4v) is 7.42. The molecule has 1 fully saturated rings. The van der Waals surface area contributed by atoms with E-state index in [4.69, 9.17) is 11.6 Å². The van der Waals surface area contributed by atoms with Crippen LogP contribution in [0.4, 0.5) is 10.1 Å². The van der Waals surface area contributed by atoms with E-state index in [-0.39, 0.29) is 41.1 Å². The molecule has 1 unspecified atom stereocenters. The minimum Gasteiger partial charge on any atom is -0.352 e. The van der Waals surface area contributed by atoms with E-state index >= 15 is 4.39 Å². The van der Waals surface area contributed by atoms with Crippen molar-refractivity contribution in [2.24, 2.45) is 0 Å². The fraction of sp³-hybridized carbons (Fsp3) is 0.297. The Kier molecular flexibility index (Phi) is 11.3. The van der Waals surface area contributed by atoms with Crippen molar-refractivity contribution in [1.29, 1.82) is 0 Å². The van der Waals surface area contributed by atoms with Gasteiger partial charge in [0.25, 0.3) is 10.0 Å². The lowest BCUT2D eigenvalue weighted by Crippen LogP contribution is -2.55. The molecule has 1 aliphatic carbocycles. The first-order valence-corrected chi connectivity index (χ1v) is 17.7. The van der Waals surface area contributed by atoms with Gasteiger partial charge in [-0.05, 0) is 67.8 Å². The van der Waals surface area contributed by atoms with E-state index in [1.54, 1.807) is 42.5 Å². The number of hydrogen-bond acceptors (Lipinski definition) is 4. The van der Waals surface area contributed by atoms with Crippen molar-refractivity contribution >= 4 is 39.1 Å². The normalized spacial score (nSPS) is 14.3. The first-order chi connectivity index (χ1) is 22.6. The zero-order valence-corrected chi connectivity index (χ0v) is 27.9. The van der Waals surface area contributed by atoms with E-state index in [0.29, 0.717) is 5.02 Å². The third-order valence-corrected chi connectivity index (χ3v) is 10.6. The molecule has 0 saturated heterocycles. The average molecular weight is 676 g/mol. The van der Waals surface area contributed by atoms with E-state index in [1.165, 1.54) is 35.2 Å². The van der Waals surface area contributed by atoms with Gasteiger partial charge < -0.3 is 10.2 Å². The second-order valence-electron chi connectivity index (χ2n) is 12.0. The quantitative estimate of drug-likeness (QED) is 0.174. The predicted molar refractivity (Wildman–Crippen MR) is 183 cm³/mol. The molecule has 0 aliphatic heterocycles. The van der Waals surface area contributed by atoms with Crippen LogP contribution in [0, 0.1) is 12.7 Å². The zero-order chi connectivity index (χ0) is 33.4. The summed E-state index contributed by atoms with van der Waals surface area (Å²) in [6.45, 7) is 1.02. The van der Waals surface area contributed by atoms with Crippen LogP contribution in [0.1, 0.15) is 48.8 Å². The number of hydrogen-bond donors (Lipinski definition) is 1. The van der Waals surface area contributed by atoms with Crippen LogP contribution in [0.3, 0.4) is 0 Å². The van der Waals surface area contributed by atoms with Gasteiger partial charge in [-0.25, -0.2) is 12.8 Å². The summed E-state index contributed by atoms with van der Waals surface area (Å²) in [5.41, 5.74) is 2.21. The van der Waals surface area contributed by atoms with Gasteiger partial charge in [0.2, 0.25) is 11.8 Å². The smallest absolute Gasteiger partial charge is 0.264 e. The number of halogens is 2. The van der Waals surface area contributed by atoms with E-state index in [1.807, 2.05) is 37.3 Å². The number of carbonyl (C=O) groups excluding carboxylic acids is 2. The molecule has 0 aromatic heterocycles. The minimum atomic E-state index is -4.27. The van der Waals surface area contributed by atoms with Crippen LogP contribution >= 0.6 is 11.6 Å². The number of nitrogens with one attached hydrogen (secondary N) is 1. The Labute approximate surface area is 281 Å². The summed E-state index contributed by atoms with van der Waals surface area (Å²) in [5.74, 6) is -1.53. The zero-order valence-electron chi connectivity index (χ0n) is 26.3. The van der Waals surface area contributed by atoms with Crippen molar-refractivity contribution in [2.45, 2.75) is 69.0 Å². The lowest BCUT2D eigenvalue weighted by molar-refractivity contribution is -0.140. The van der Waals surface area contributed by atoms with Crippen LogP contribution in [-0.2, 0) is 32.6 Å². The molecule has 1 atom stereocenters. The molecule has 7 nitrogen and oxygen atoms in total. The molecule has 1 aliphatic rings. The van der Waals surface area contributed by atoms with Gasteiger partial charge >= 0.3 is 0 Å². The first-order valence-electron chi connectivity index (χ1n) is 15.8. The Balaban J connectivity index is 1.56. The van der Waals surface area contributed by atoms with Crippen LogP contribution < -0.4 is 9.62 Å². The number of benzene rings is 4. The molecule has 0 bridgehead atoms. The number of anilines is 1. The van der Waals surface area contributed by atoms with Gasteiger partial charge in [0.05, 0.1) is 10.6 Å². The highest BCUT2D eigenvalue weighted by molar-refractivity contribution is 7.92. The Bertz CT molecular complexity index is 1760. The molecule has 1 N–H and O–H groups in total. The van der Waals surface area contributed by atoms with Gasteiger partial charge in [-0.3, -0.25) is 13.9 Å². The molecule has 5 rings (SSSR count). The van der Waals surface area contributed by atoms with Gasteiger partial charge in [0.15, 0.2) is 0 Å². The van der Waals surface area contributed by atoms with Crippen molar-refractivity contribution in [3.05, 3.63) is 131 Å². The molecular weight excluding hydrogens is 637 g/mol. The van der Waals surface area contributed by atoms with Crippen molar-refractivity contribution in [3.8, 4) is 0 Å². The standard InChI is InChI=1S/C37H39ClFN3O4S/c1-27-16-20-32(21-17-27)42(47(45,46)33-22-18-30(38)19-23-33)26-36(43)41(25-29-12-8-9-15-34(29)39)35(24-28-10-4-2-5-11-28)37(44)40-31-13-6-3-7-14-31/h2,4-5,8-12,15-23,31,35H,3,6-7,13-14,24-26H2,1H3,(H,40,44). The molecule has 0 heterocycles. The number of carbonyl (C=O) groups is 2. The predicted octanol–water partition coefficient (Wildman–Crippen LogP) is 7.07. The summed E-state index contributed by atoms with van der Waals surface area (Å²) < 4.78 is 44.4. The van der Waals surface area contributed by atoms with Gasteiger partial charge in [0.1, 0.15) is 18.4 Å². The molecule has 2 amide bonds. The number of aryl methyl sites for hydroxylation is 1. The number of sulfonamides is 1. The van der Waals surface area contributed by atoms with Gasteiger partial charge in [-0.2, -0.15) is 0 Å². The van der Waals surface area contributed by atoms with E-state index in [2.05, 4.69) is 5.32 Å². The lowest BCUT2D eigenvalue weighted by Gasteiger charge is -2.35. The topological polar surface area (TPSA) is 86.8 Å². The molecule has 10 heteroatoms. The van der Waals surface area contributed by atoms with E-state index < -0.39 is 34.3 Å².